The van der Waals surface area contributed by atoms with Crippen LogP contribution in [-0.4, -0.2) is 27.4 Å². The summed E-state index contributed by atoms with van der Waals surface area (Å²) in [6.45, 7) is 13.3. The van der Waals surface area contributed by atoms with Crippen LogP contribution in [0.2, 0.25) is 0 Å². The van der Waals surface area contributed by atoms with E-state index in [9.17, 15) is 0 Å². The van der Waals surface area contributed by atoms with E-state index in [-0.39, 0.29) is 0 Å². The van der Waals surface area contributed by atoms with Crippen molar-refractivity contribution >= 4 is 0 Å². The van der Waals surface area contributed by atoms with Crippen molar-refractivity contribution in [3.63, 3.8) is 0 Å². The third kappa shape index (κ3) is 4.94. The number of nitrogens with zero attached hydrogens (tertiary/aromatic N) is 3. The van der Waals surface area contributed by atoms with Crippen LogP contribution in [0.3, 0.4) is 0 Å². The number of hydrogen-bond acceptors (Lipinski definition) is 3. The summed E-state index contributed by atoms with van der Waals surface area (Å²) in [6, 6.07) is 0.520. The van der Waals surface area contributed by atoms with Gasteiger partial charge in [-0.05, 0) is 38.1 Å². The van der Waals surface area contributed by atoms with Crippen molar-refractivity contribution in [3.8, 4) is 0 Å². The Labute approximate surface area is 118 Å². The monoisotopic (exact) mass is 266 g/mol. The lowest BCUT2D eigenvalue weighted by atomic mass is 9.86. The average Bonchev–Trinajstić information content (AvgIpc) is 2.80. The van der Waals surface area contributed by atoms with Crippen molar-refractivity contribution in [2.75, 3.05) is 6.54 Å². The molecule has 1 rings (SSSR count). The number of aromatic nitrogens is 3. The largest absolute Gasteiger partial charge is 0.314 e. The van der Waals surface area contributed by atoms with Gasteiger partial charge in [0.2, 0.25) is 0 Å². The van der Waals surface area contributed by atoms with Gasteiger partial charge in [-0.1, -0.05) is 27.7 Å². The standard InChI is InChI=1S/C15H30N4/c1-6-8-16-13(5)14(12(3)4)10-15-17-11-18-19(15)9-7-2/h11-14,16H,6-10H2,1-5H3. The van der Waals surface area contributed by atoms with E-state index in [0.717, 1.165) is 31.8 Å². The maximum Gasteiger partial charge on any atom is 0.138 e. The molecule has 1 aromatic rings. The van der Waals surface area contributed by atoms with Crippen LogP contribution in [-0.2, 0) is 13.0 Å². The van der Waals surface area contributed by atoms with Gasteiger partial charge in [-0.25, -0.2) is 4.98 Å². The number of hydrogen-bond donors (Lipinski definition) is 1. The Kier molecular flexibility index (Phi) is 7.06. The van der Waals surface area contributed by atoms with Gasteiger partial charge in [0.1, 0.15) is 12.2 Å². The molecule has 4 heteroatoms. The molecule has 2 unspecified atom stereocenters. The summed E-state index contributed by atoms with van der Waals surface area (Å²) in [5, 5.41) is 7.95. The van der Waals surface area contributed by atoms with E-state index in [0.29, 0.717) is 17.9 Å². The van der Waals surface area contributed by atoms with Crippen molar-refractivity contribution in [1.82, 2.24) is 20.1 Å². The Hall–Kier alpha value is -0.900. The fourth-order valence-electron chi connectivity index (χ4n) is 2.57. The predicted molar refractivity (Wildman–Crippen MR) is 80.1 cm³/mol. The zero-order valence-electron chi connectivity index (χ0n) is 13.2. The maximum atomic E-state index is 4.44. The topological polar surface area (TPSA) is 42.7 Å². The van der Waals surface area contributed by atoms with E-state index in [4.69, 9.17) is 0 Å². The molecule has 0 fully saturated rings. The summed E-state index contributed by atoms with van der Waals surface area (Å²) in [4.78, 5) is 4.44. The van der Waals surface area contributed by atoms with Crippen molar-refractivity contribution in [3.05, 3.63) is 12.2 Å². The third-order valence-electron chi connectivity index (χ3n) is 3.76. The molecule has 2 atom stereocenters. The molecule has 0 amide bonds. The van der Waals surface area contributed by atoms with E-state index >= 15 is 0 Å². The molecule has 0 saturated carbocycles. The minimum atomic E-state index is 0.520. The van der Waals surface area contributed by atoms with Crippen molar-refractivity contribution in [2.45, 2.75) is 66.5 Å². The molecule has 1 N–H and O–H groups in total. The Morgan fingerprint density at radius 2 is 1.95 bits per heavy atom. The lowest BCUT2D eigenvalue weighted by Gasteiger charge is -2.28. The summed E-state index contributed by atoms with van der Waals surface area (Å²) in [5.74, 6) is 2.38. The van der Waals surface area contributed by atoms with Gasteiger partial charge in [-0.2, -0.15) is 5.10 Å². The van der Waals surface area contributed by atoms with Crippen LogP contribution < -0.4 is 5.32 Å². The van der Waals surface area contributed by atoms with Crippen molar-refractivity contribution in [2.24, 2.45) is 11.8 Å². The van der Waals surface area contributed by atoms with Gasteiger partial charge >= 0.3 is 0 Å². The molecule has 110 valence electrons. The molecule has 0 bridgehead atoms. The highest BCUT2D eigenvalue weighted by molar-refractivity contribution is 4.91. The van der Waals surface area contributed by atoms with Gasteiger partial charge in [0, 0.05) is 19.0 Å². The van der Waals surface area contributed by atoms with E-state index in [1.807, 2.05) is 0 Å². The number of rotatable bonds is 9. The van der Waals surface area contributed by atoms with Gasteiger partial charge in [-0.15, -0.1) is 0 Å². The first kappa shape index (κ1) is 16.2. The molecule has 0 spiro atoms. The van der Waals surface area contributed by atoms with Gasteiger partial charge in [0.25, 0.3) is 0 Å². The molecular formula is C15H30N4. The van der Waals surface area contributed by atoms with Gasteiger partial charge in [0.05, 0.1) is 0 Å². The van der Waals surface area contributed by atoms with Crippen molar-refractivity contribution in [1.29, 1.82) is 0 Å². The van der Waals surface area contributed by atoms with Crippen LogP contribution in [0.1, 0.15) is 53.3 Å². The maximum absolute atomic E-state index is 4.44. The lowest BCUT2D eigenvalue weighted by Crippen LogP contribution is -2.38. The molecule has 0 radical (unpaired) electrons. The fourth-order valence-corrected chi connectivity index (χ4v) is 2.57. The van der Waals surface area contributed by atoms with Crippen LogP contribution in [0.15, 0.2) is 6.33 Å². The highest BCUT2D eigenvalue weighted by Crippen LogP contribution is 2.20. The van der Waals surface area contributed by atoms with E-state index in [1.165, 1.54) is 6.42 Å². The van der Waals surface area contributed by atoms with Crippen LogP contribution in [0.4, 0.5) is 0 Å². The minimum absolute atomic E-state index is 0.520. The minimum Gasteiger partial charge on any atom is -0.314 e. The normalized spacial score (nSPS) is 14.8. The first-order valence-corrected chi connectivity index (χ1v) is 7.70. The third-order valence-corrected chi connectivity index (χ3v) is 3.76. The molecule has 1 heterocycles. The molecule has 0 aliphatic heterocycles. The predicted octanol–water partition coefficient (Wildman–Crippen LogP) is 2.89. The fraction of sp³-hybridized carbons (Fsp3) is 0.867. The molecule has 0 aliphatic carbocycles. The number of nitrogens with one attached hydrogen (secondary N) is 1. The number of aryl methyl sites for hydroxylation is 1. The summed E-state index contributed by atoms with van der Waals surface area (Å²) in [5.41, 5.74) is 0. The van der Waals surface area contributed by atoms with Crippen LogP contribution in [0, 0.1) is 11.8 Å². The summed E-state index contributed by atoms with van der Waals surface area (Å²) in [7, 11) is 0. The quantitative estimate of drug-likeness (QED) is 0.747. The van der Waals surface area contributed by atoms with E-state index in [1.54, 1.807) is 6.33 Å². The molecule has 0 aromatic carbocycles. The lowest BCUT2D eigenvalue weighted by molar-refractivity contribution is 0.281. The van der Waals surface area contributed by atoms with Crippen LogP contribution in [0.5, 0.6) is 0 Å². The Balaban J connectivity index is 2.69. The summed E-state index contributed by atoms with van der Waals surface area (Å²) >= 11 is 0. The molecule has 1 aromatic heterocycles. The highest BCUT2D eigenvalue weighted by Gasteiger charge is 2.22. The van der Waals surface area contributed by atoms with Gasteiger partial charge in [-0.3, -0.25) is 4.68 Å². The van der Waals surface area contributed by atoms with Crippen LogP contribution in [0.25, 0.3) is 0 Å². The molecule has 0 aliphatic rings. The smallest absolute Gasteiger partial charge is 0.138 e. The average molecular weight is 266 g/mol. The summed E-state index contributed by atoms with van der Waals surface area (Å²) in [6.07, 6.45) is 4.98. The molecular weight excluding hydrogens is 236 g/mol. The SMILES string of the molecule is CCCNC(C)C(Cc1ncnn1CCC)C(C)C. The Bertz CT molecular complexity index is 346. The second-order valence-electron chi connectivity index (χ2n) is 5.75. The first-order chi connectivity index (χ1) is 9.10. The van der Waals surface area contributed by atoms with Crippen LogP contribution >= 0.6 is 0 Å². The zero-order chi connectivity index (χ0) is 14.3. The van der Waals surface area contributed by atoms with Gasteiger partial charge in [0.15, 0.2) is 0 Å². The van der Waals surface area contributed by atoms with E-state index < -0.39 is 0 Å². The first-order valence-electron chi connectivity index (χ1n) is 7.70. The van der Waals surface area contributed by atoms with Crippen molar-refractivity contribution < 1.29 is 0 Å². The zero-order valence-corrected chi connectivity index (χ0v) is 13.2. The van der Waals surface area contributed by atoms with E-state index in [2.05, 4.69) is 54.7 Å². The second-order valence-corrected chi connectivity index (χ2v) is 5.75. The van der Waals surface area contributed by atoms with Gasteiger partial charge < -0.3 is 5.32 Å². The summed E-state index contributed by atoms with van der Waals surface area (Å²) < 4.78 is 2.06. The molecule has 0 saturated heterocycles. The second kappa shape index (κ2) is 8.31. The Morgan fingerprint density at radius 1 is 1.21 bits per heavy atom. The molecule has 19 heavy (non-hydrogen) atoms. The highest BCUT2D eigenvalue weighted by atomic mass is 15.3. The molecule has 4 nitrogen and oxygen atoms in total. The Morgan fingerprint density at radius 3 is 2.53 bits per heavy atom.